The normalized spacial score (nSPS) is 10.3. The zero-order valence-corrected chi connectivity index (χ0v) is 11.2. The molecule has 0 saturated carbocycles. The lowest BCUT2D eigenvalue weighted by molar-refractivity contribution is -0.127. The lowest BCUT2D eigenvalue weighted by atomic mass is 10.1. The van der Waals surface area contributed by atoms with E-state index in [0.717, 1.165) is 5.56 Å². The predicted molar refractivity (Wildman–Crippen MR) is 70.8 cm³/mol. The molecule has 0 aliphatic rings. The van der Waals surface area contributed by atoms with E-state index < -0.39 is 0 Å². The average molecular weight is 249 g/mol. The summed E-state index contributed by atoms with van der Waals surface area (Å²) in [4.78, 5) is 23.2. The molecule has 0 spiro atoms. The number of anilines is 1. The van der Waals surface area contributed by atoms with Crippen LogP contribution in [0.3, 0.4) is 0 Å². The number of hydrogen-bond donors (Lipinski definition) is 1. The van der Waals surface area contributed by atoms with Crippen molar-refractivity contribution in [3.63, 3.8) is 0 Å². The molecule has 0 aliphatic heterocycles. The van der Waals surface area contributed by atoms with Gasteiger partial charge in [0.15, 0.2) is 0 Å². The van der Waals surface area contributed by atoms with E-state index in [9.17, 15) is 9.59 Å². The van der Waals surface area contributed by atoms with E-state index in [1.807, 2.05) is 19.1 Å². The molecular weight excluding hydrogens is 230 g/mol. The fraction of sp³-hybridized carbons (Fsp3) is 0.429. The SMILES string of the molecule is COc1ccc(C)cc1NC(=O)CC(=O)C(C)C. The van der Waals surface area contributed by atoms with Crippen LogP contribution < -0.4 is 10.1 Å². The first-order valence-corrected chi connectivity index (χ1v) is 5.91. The van der Waals surface area contributed by atoms with Crippen LogP contribution in [0.1, 0.15) is 25.8 Å². The van der Waals surface area contributed by atoms with Crippen LogP contribution in [0.5, 0.6) is 5.75 Å². The van der Waals surface area contributed by atoms with Crippen molar-refractivity contribution in [1.82, 2.24) is 0 Å². The number of carbonyl (C=O) groups excluding carboxylic acids is 2. The third-order valence-electron chi connectivity index (χ3n) is 2.61. The number of methoxy groups -OCH3 is 1. The zero-order valence-electron chi connectivity index (χ0n) is 11.2. The Labute approximate surface area is 107 Å². The minimum Gasteiger partial charge on any atom is -0.495 e. The molecule has 0 aromatic heterocycles. The molecule has 0 heterocycles. The van der Waals surface area contributed by atoms with Crippen LogP contribution in [0.25, 0.3) is 0 Å². The molecule has 1 aromatic carbocycles. The monoisotopic (exact) mass is 249 g/mol. The Morgan fingerprint density at radius 2 is 2.00 bits per heavy atom. The van der Waals surface area contributed by atoms with Gasteiger partial charge in [-0.05, 0) is 24.6 Å². The molecule has 1 rings (SSSR count). The standard InChI is InChI=1S/C14H19NO3/c1-9(2)12(16)8-14(17)15-11-7-10(3)5-6-13(11)18-4/h5-7,9H,8H2,1-4H3,(H,15,17). The molecule has 0 bridgehead atoms. The van der Waals surface area contributed by atoms with E-state index in [-0.39, 0.29) is 24.0 Å². The quantitative estimate of drug-likeness (QED) is 0.816. The minimum atomic E-state index is -0.308. The molecule has 0 atom stereocenters. The molecule has 1 N–H and O–H groups in total. The van der Waals surface area contributed by atoms with E-state index in [4.69, 9.17) is 4.74 Å². The molecule has 0 radical (unpaired) electrons. The van der Waals surface area contributed by atoms with Crippen LogP contribution in [0.2, 0.25) is 0 Å². The van der Waals surface area contributed by atoms with Gasteiger partial charge in [-0.2, -0.15) is 0 Å². The number of carbonyl (C=O) groups is 2. The minimum absolute atomic E-state index is 0.0703. The summed E-state index contributed by atoms with van der Waals surface area (Å²) in [5.41, 5.74) is 1.61. The van der Waals surface area contributed by atoms with Crippen molar-refractivity contribution < 1.29 is 14.3 Å². The third kappa shape index (κ3) is 3.87. The summed E-state index contributed by atoms with van der Waals surface area (Å²) in [6.45, 7) is 5.49. The predicted octanol–water partition coefficient (Wildman–Crippen LogP) is 2.56. The maximum absolute atomic E-state index is 11.7. The molecule has 0 saturated heterocycles. The Morgan fingerprint density at radius 1 is 1.33 bits per heavy atom. The Balaban J connectivity index is 2.75. The second-order valence-corrected chi connectivity index (χ2v) is 4.55. The van der Waals surface area contributed by atoms with Crippen molar-refractivity contribution in [2.75, 3.05) is 12.4 Å². The van der Waals surface area contributed by atoms with Gasteiger partial charge in [0.25, 0.3) is 0 Å². The topological polar surface area (TPSA) is 55.4 Å². The molecule has 0 unspecified atom stereocenters. The van der Waals surface area contributed by atoms with Crippen molar-refractivity contribution in [2.45, 2.75) is 27.2 Å². The summed E-state index contributed by atoms with van der Waals surface area (Å²) in [5, 5.41) is 2.70. The van der Waals surface area contributed by atoms with Crippen molar-refractivity contribution in [3.05, 3.63) is 23.8 Å². The van der Waals surface area contributed by atoms with E-state index >= 15 is 0 Å². The van der Waals surface area contributed by atoms with Crippen molar-refractivity contribution >= 4 is 17.4 Å². The van der Waals surface area contributed by atoms with Crippen LogP contribution >= 0.6 is 0 Å². The maximum atomic E-state index is 11.7. The highest BCUT2D eigenvalue weighted by Crippen LogP contribution is 2.25. The Bertz CT molecular complexity index is 452. The smallest absolute Gasteiger partial charge is 0.231 e. The number of aryl methyl sites for hydroxylation is 1. The van der Waals surface area contributed by atoms with Gasteiger partial charge in [-0.25, -0.2) is 0 Å². The average Bonchev–Trinajstić information content (AvgIpc) is 2.28. The van der Waals surface area contributed by atoms with Gasteiger partial charge in [-0.1, -0.05) is 19.9 Å². The Kier molecular flexibility index (Phi) is 4.89. The van der Waals surface area contributed by atoms with Gasteiger partial charge >= 0.3 is 0 Å². The second-order valence-electron chi connectivity index (χ2n) is 4.55. The number of benzene rings is 1. The molecule has 18 heavy (non-hydrogen) atoms. The Hall–Kier alpha value is -1.84. The van der Waals surface area contributed by atoms with Crippen molar-refractivity contribution in [3.8, 4) is 5.75 Å². The van der Waals surface area contributed by atoms with Crippen LogP contribution in [0, 0.1) is 12.8 Å². The van der Waals surface area contributed by atoms with Gasteiger partial charge in [0.1, 0.15) is 11.5 Å². The summed E-state index contributed by atoms with van der Waals surface area (Å²) in [6.07, 6.45) is -0.102. The van der Waals surface area contributed by atoms with Gasteiger partial charge in [0.05, 0.1) is 19.2 Å². The Morgan fingerprint density at radius 3 is 2.56 bits per heavy atom. The maximum Gasteiger partial charge on any atom is 0.231 e. The van der Waals surface area contributed by atoms with Crippen LogP contribution in [-0.2, 0) is 9.59 Å². The first-order chi connectivity index (χ1) is 8.43. The molecule has 0 fully saturated rings. The van der Waals surface area contributed by atoms with Gasteiger partial charge in [0, 0.05) is 5.92 Å². The molecule has 4 nitrogen and oxygen atoms in total. The van der Waals surface area contributed by atoms with Crippen molar-refractivity contribution in [2.24, 2.45) is 5.92 Å². The number of hydrogen-bond acceptors (Lipinski definition) is 3. The summed E-state index contributed by atoms with van der Waals surface area (Å²) >= 11 is 0. The number of Topliss-reactive ketones (excluding diaryl/α,β-unsaturated/α-hetero) is 1. The first-order valence-electron chi connectivity index (χ1n) is 5.91. The van der Waals surface area contributed by atoms with E-state index in [1.165, 1.54) is 0 Å². The highest BCUT2D eigenvalue weighted by molar-refractivity contribution is 6.05. The number of amides is 1. The highest BCUT2D eigenvalue weighted by Gasteiger charge is 2.14. The highest BCUT2D eigenvalue weighted by atomic mass is 16.5. The summed E-state index contributed by atoms with van der Waals surface area (Å²) in [5.74, 6) is 0.0813. The summed E-state index contributed by atoms with van der Waals surface area (Å²) in [7, 11) is 1.54. The lowest BCUT2D eigenvalue weighted by Crippen LogP contribution is -2.19. The molecule has 0 aliphatic carbocycles. The number of ketones is 1. The molecule has 1 amide bonds. The molecule has 1 aromatic rings. The second kappa shape index (κ2) is 6.19. The molecular formula is C14H19NO3. The van der Waals surface area contributed by atoms with Gasteiger partial charge < -0.3 is 10.1 Å². The van der Waals surface area contributed by atoms with E-state index in [2.05, 4.69) is 5.32 Å². The molecule has 98 valence electrons. The number of rotatable bonds is 5. The van der Waals surface area contributed by atoms with E-state index in [1.54, 1.807) is 27.0 Å². The van der Waals surface area contributed by atoms with Gasteiger partial charge in [-0.15, -0.1) is 0 Å². The fourth-order valence-electron chi connectivity index (χ4n) is 1.48. The fourth-order valence-corrected chi connectivity index (χ4v) is 1.48. The number of ether oxygens (including phenoxy) is 1. The van der Waals surface area contributed by atoms with Crippen LogP contribution in [-0.4, -0.2) is 18.8 Å². The first kappa shape index (κ1) is 14.2. The largest absolute Gasteiger partial charge is 0.495 e. The molecule has 4 heteroatoms. The third-order valence-corrected chi connectivity index (χ3v) is 2.61. The van der Waals surface area contributed by atoms with Gasteiger partial charge in [-0.3, -0.25) is 9.59 Å². The van der Waals surface area contributed by atoms with Crippen LogP contribution in [0.4, 0.5) is 5.69 Å². The summed E-state index contributed by atoms with van der Waals surface area (Å²) in [6, 6.07) is 5.50. The van der Waals surface area contributed by atoms with E-state index in [0.29, 0.717) is 11.4 Å². The zero-order chi connectivity index (χ0) is 13.7. The van der Waals surface area contributed by atoms with Crippen LogP contribution in [0.15, 0.2) is 18.2 Å². The summed E-state index contributed by atoms with van der Waals surface area (Å²) < 4.78 is 5.15. The number of nitrogens with one attached hydrogen (secondary N) is 1. The lowest BCUT2D eigenvalue weighted by Gasteiger charge is -2.11. The van der Waals surface area contributed by atoms with Crippen molar-refractivity contribution in [1.29, 1.82) is 0 Å². The van der Waals surface area contributed by atoms with Gasteiger partial charge in [0.2, 0.25) is 5.91 Å².